The van der Waals surface area contributed by atoms with Gasteiger partial charge in [-0.15, -0.1) is 0 Å². The number of aromatic nitrogens is 3. The van der Waals surface area contributed by atoms with E-state index in [0.29, 0.717) is 10.6 Å². The summed E-state index contributed by atoms with van der Waals surface area (Å²) in [5, 5.41) is 6.42. The molecule has 1 aromatic carbocycles. The van der Waals surface area contributed by atoms with E-state index in [1.54, 1.807) is 13.0 Å². The Morgan fingerprint density at radius 2 is 2.00 bits per heavy atom. The number of nitrogens with one attached hydrogen (secondary N) is 1. The molecular weight excluding hydrogens is 263 g/mol. The van der Waals surface area contributed by atoms with Crippen molar-refractivity contribution in [2.45, 2.75) is 19.6 Å². The zero-order valence-electron chi connectivity index (χ0n) is 9.45. The number of nitrogens with zero attached hydrogens (tertiary/aromatic N) is 2. The number of benzene rings is 1. The van der Waals surface area contributed by atoms with E-state index in [9.17, 15) is 13.2 Å². The van der Waals surface area contributed by atoms with Gasteiger partial charge >= 0.3 is 6.18 Å². The maximum Gasteiger partial charge on any atom is 0.416 e. The minimum absolute atomic E-state index is 0.0524. The van der Waals surface area contributed by atoms with Crippen LogP contribution in [0.25, 0.3) is 0 Å². The lowest BCUT2D eigenvalue weighted by Gasteiger charge is -2.13. The SMILES string of the molecule is Cc1n[nH]c(=S)n1Cc1ccccc1C(F)(F)F. The third kappa shape index (κ3) is 2.45. The first-order chi connectivity index (χ1) is 8.39. The molecule has 0 spiro atoms. The maximum absolute atomic E-state index is 12.8. The van der Waals surface area contributed by atoms with Gasteiger partial charge in [-0.25, -0.2) is 0 Å². The second-order valence-electron chi connectivity index (χ2n) is 3.82. The molecule has 0 aliphatic heterocycles. The van der Waals surface area contributed by atoms with E-state index in [0.717, 1.165) is 6.07 Å². The van der Waals surface area contributed by atoms with Gasteiger partial charge in [0.2, 0.25) is 0 Å². The van der Waals surface area contributed by atoms with Gasteiger partial charge in [0, 0.05) is 0 Å². The van der Waals surface area contributed by atoms with Gasteiger partial charge in [0.1, 0.15) is 5.82 Å². The highest BCUT2D eigenvalue weighted by Gasteiger charge is 2.32. The molecule has 2 rings (SSSR count). The molecule has 1 heterocycles. The van der Waals surface area contributed by atoms with Crippen LogP contribution in [0.3, 0.4) is 0 Å². The van der Waals surface area contributed by atoms with Crippen LogP contribution < -0.4 is 0 Å². The van der Waals surface area contributed by atoms with Crippen LogP contribution in [0, 0.1) is 11.7 Å². The number of hydrogen-bond acceptors (Lipinski definition) is 2. The Kier molecular flexibility index (Phi) is 3.25. The highest BCUT2D eigenvalue weighted by molar-refractivity contribution is 7.71. The van der Waals surface area contributed by atoms with Gasteiger partial charge in [0.15, 0.2) is 4.77 Å². The van der Waals surface area contributed by atoms with Crippen molar-refractivity contribution in [2.75, 3.05) is 0 Å². The van der Waals surface area contributed by atoms with Crippen molar-refractivity contribution in [1.82, 2.24) is 14.8 Å². The molecule has 0 bridgehead atoms. The summed E-state index contributed by atoms with van der Waals surface area (Å²) in [4.78, 5) is 0. The largest absolute Gasteiger partial charge is 0.416 e. The van der Waals surface area contributed by atoms with Gasteiger partial charge in [-0.1, -0.05) is 18.2 Å². The highest BCUT2D eigenvalue weighted by atomic mass is 32.1. The minimum atomic E-state index is -4.36. The summed E-state index contributed by atoms with van der Waals surface area (Å²) in [5.74, 6) is 0.553. The minimum Gasteiger partial charge on any atom is -0.300 e. The fourth-order valence-electron chi connectivity index (χ4n) is 1.69. The Hall–Kier alpha value is -1.63. The van der Waals surface area contributed by atoms with Gasteiger partial charge < -0.3 is 0 Å². The molecule has 7 heteroatoms. The highest BCUT2D eigenvalue weighted by Crippen LogP contribution is 2.32. The molecule has 96 valence electrons. The van der Waals surface area contributed by atoms with Crippen LogP contribution in [0.2, 0.25) is 0 Å². The summed E-state index contributed by atoms with van der Waals surface area (Å²) in [6.07, 6.45) is -4.36. The van der Waals surface area contributed by atoms with E-state index in [1.165, 1.54) is 16.7 Å². The lowest BCUT2D eigenvalue weighted by Crippen LogP contribution is -2.12. The zero-order valence-corrected chi connectivity index (χ0v) is 10.3. The standard InChI is InChI=1S/C11H10F3N3S/c1-7-15-16-10(18)17(7)6-8-4-2-3-5-9(8)11(12,13)14/h2-5H,6H2,1H3,(H,16,18). The van der Waals surface area contributed by atoms with E-state index in [2.05, 4.69) is 10.2 Å². The lowest BCUT2D eigenvalue weighted by atomic mass is 10.1. The molecule has 1 N–H and O–H groups in total. The number of H-pyrrole nitrogens is 1. The van der Waals surface area contributed by atoms with Crippen LogP contribution in [-0.4, -0.2) is 14.8 Å². The van der Waals surface area contributed by atoms with Crippen LogP contribution in [0.15, 0.2) is 24.3 Å². The van der Waals surface area contributed by atoms with E-state index in [-0.39, 0.29) is 12.1 Å². The fourth-order valence-corrected chi connectivity index (χ4v) is 1.93. The topological polar surface area (TPSA) is 33.6 Å². The third-order valence-corrected chi connectivity index (χ3v) is 2.91. The number of rotatable bonds is 2. The van der Waals surface area contributed by atoms with Gasteiger partial charge in [-0.05, 0) is 30.8 Å². The smallest absolute Gasteiger partial charge is 0.300 e. The number of alkyl halides is 3. The molecule has 0 aliphatic carbocycles. The third-order valence-electron chi connectivity index (χ3n) is 2.60. The molecule has 0 saturated heterocycles. The van der Waals surface area contributed by atoms with E-state index >= 15 is 0 Å². The summed E-state index contributed by atoms with van der Waals surface area (Å²) in [6.45, 7) is 1.74. The molecule has 0 amide bonds. The Labute approximate surface area is 106 Å². The Morgan fingerprint density at radius 3 is 2.56 bits per heavy atom. The van der Waals surface area contributed by atoms with Crippen molar-refractivity contribution in [3.63, 3.8) is 0 Å². The molecule has 0 unspecified atom stereocenters. The Bertz CT molecular complexity index is 612. The summed E-state index contributed by atoms with van der Waals surface area (Å²) in [6, 6.07) is 5.45. The first-order valence-electron chi connectivity index (χ1n) is 5.16. The van der Waals surface area contributed by atoms with Crippen molar-refractivity contribution >= 4 is 12.2 Å². The fraction of sp³-hybridized carbons (Fsp3) is 0.273. The van der Waals surface area contributed by atoms with Crippen molar-refractivity contribution in [3.8, 4) is 0 Å². The molecule has 18 heavy (non-hydrogen) atoms. The molecule has 0 fully saturated rings. The van der Waals surface area contributed by atoms with Crippen molar-refractivity contribution in [1.29, 1.82) is 0 Å². The average molecular weight is 273 g/mol. The van der Waals surface area contributed by atoms with Crippen molar-refractivity contribution in [2.24, 2.45) is 0 Å². The quantitative estimate of drug-likeness (QED) is 0.852. The van der Waals surface area contributed by atoms with Crippen LogP contribution >= 0.6 is 12.2 Å². The maximum atomic E-state index is 12.8. The predicted molar refractivity (Wildman–Crippen MR) is 62.7 cm³/mol. The zero-order chi connectivity index (χ0) is 13.3. The summed E-state index contributed by atoms with van der Waals surface area (Å²) >= 11 is 4.97. The van der Waals surface area contributed by atoms with Crippen molar-refractivity contribution in [3.05, 3.63) is 46.0 Å². The first kappa shape index (κ1) is 12.8. The van der Waals surface area contributed by atoms with Gasteiger partial charge in [-0.2, -0.15) is 18.3 Å². The molecular formula is C11H10F3N3S. The first-order valence-corrected chi connectivity index (χ1v) is 5.57. The molecule has 3 nitrogen and oxygen atoms in total. The van der Waals surface area contributed by atoms with Crippen LogP contribution in [-0.2, 0) is 12.7 Å². The van der Waals surface area contributed by atoms with Crippen LogP contribution in [0.5, 0.6) is 0 Å². The number of aromatic amines is 1. The number of aryl methyl sites for hydroxylation is 1. The lowest BCUT2D eigenvalue weighted by molar-refractivity contribution is -0.138. The molecule has 1 aromatic heterocycles. The monoisotopic (exact) mass is 273 g/mol. The molecule has 0 saturated carbocycles. The van der Waals surface area contributed by atoms with Gasteiger partial charge in [0.05, 0.1) is 12.1 Å². The van der Waals surface area contributed by atoms with E-state index in [1.807, 2.05) is 0 Å². The summed E-state index contributed by atoms with van der Waals surface area (Å²) in [7, 11) is 0. The second-order valence-corrected chi connectivity index (χ2v) is 4.20. The predicted octanol–water partition coefficient (Wildman–Crippen LogP) is 3.32. The van der Waals surface area contributed by atoms with Crippen LogP contribution in [0.4, 0.5) is 13.2 Å². The van der Waals surface area contributed by atoms with Gasteiger partial charge in [-0.3, -0.25) is 9.67 Å². The normalized spacial score (nSPS) is 11.8. The molecule has 0 radical (unpaired) electrons. The Balaban J connectivity index is 2.45. The van der Waals surface area contributed by atoms with Crippen LogP contribution in [0.1, 0.15) is 17.0 Å². The van der Waals surface area contributed by atoms with E-state index in [4.69, 9.17) is 12.2 Å². The second kappa shape index (κ2) is 4.56. The number of hydrogen-bond donors (Lipinski definition) is 1. The van der Waals surface area contributed by atoms with Gasteiger partial charge in [0.25, 0.3) is 0 Å². The summed E-state index contributed by atoms with van der Waals surface area (Å²) in [5.41, 5.74) is -0.474. The number of halogens is 3. The Morgan fingerprint density at radius 1 is 1.33 bits per heavy atom. The van der Waals surface area contributed by atoms with Crippen molar-refractivity contribution < 1.29 is 13.2 Å². The average Bonchev–Trinajstić information content (AvgIpc) is 2.60. The van der Waals surface area contributed by atoms with E-state index < -0.39 is 11.7 Å². The summed E-state index contributed by atoms with van der Waals surface area (Å²) < 4.78 is 40.3. The molecule has 0 aliphatic rings. The molecule has 0 atom stereocenters. The molecule has 2 aromatic rings.